The highest BCUT2D eigenvalue weighted by Crippen LogP contribution is 2.32. The van der Waals surface area contributed by atoms with Crippen molar-refractivity contribution < 1.29 is 4.74 Å². The minimum absolute atomic E-state index is 0.555. The Morgan fingerprint density at radius 2 is 2.12 bits per heavy atom. The lowest BCUT2D eigenvalue weighted by Crippen LogP contribution is -2.08. The number of thiocarbonyl (C=S) groups is 1. The van der Waals surface area contributed by atoms with Gasteiger partial charge in [-0.25, -0.2) is 0 Å². The molecule has 1 aromatic carbocycles. The topological polar surface area (TPSA) is 35.2 Å². The van der Waals surface area contributed by atoms with Gasteiger partial charge in [-0.05, 0) is 55.9 Å². The van der Waals surface area contributed by atoms with Crippen LogP contribution in [0.1, 0.15) is 29.5 Å². The van der Waals surface area contributed by atoms with Crippen molar-refractivity contribution >= 4 is 28.8 Å². The predicted molar refractivity (Wildman–Crippen MR) is 77.2 cm³/mol. The first kappa shape index (κ1) is 14.3. The zero-order chi connectivity index (χ0) is 13.0. The molecular weight excluding hydrogens is 254 g/mol. The summed E-state index contributed by atoms with van der Waals surface area (Å²) in [4.78, 5) is 0.555. The number of aryl methyl sites for hydroxylation is 1. The van der Waals surface area contributed by atoms with E-state index in [9.17, 15) is 0 Å². The van der Waals surface area contributed by atoms with Crippen molar-refractivity contribution in [3.05, 3.63) is 27.8 Å². The largest absolute Gasteiger partial charge is 0.496 e. The molecule has 94 valence electrons. The van der Waals surface area contributed by atoms with Crippen molar-refractivity contribution in [3.63, 3.8) is 0 Å². The monoisotopic (exact) mass is 271 g/mol. The van der Waals surface area contributed by atoms with Crippen LogP contribution in [0.25, 0.3) is 0 Å². The van der Waals surface area contributed by atoms with Gasteiger partial charge in [-0.2, -0.15) is 0 Å². The number of rotatable bonds is 5. The van der Waals surface area contributed by atoms with Gasteiger partial charge in [-0.1, -0.05) is 23.8 Å². The number of hydrogen-bond acceptors (Lipinski definition) is 2. The maximum atomic E-state index is 6.25. The molecule has 0 aliphatic rings. The Bertz CT molecular complexity index is 432. The third kappa shape index (κ3) is 3.58. The lowest BCUT2D eigenvalue weighted by atomic mass is 9.99. The second-order valence-corrected chi connectivity index (χ2v) is 5.04. The second kappa shape index (κ2) is 6.22. The van der Waals surface area contributed by atoms with Crippen LogP contribution >= 0.6 is 23.8 Å². The molecular formula is C13H18ClNOS. The maximum absolute atomic E-state index is 6.25. The number of ether oxygens (including phenoxy) is 1. The summed E-state index contributed by atoms with van der Waals surface area (Å²) >= 11 is 11.1. The third-order valence-corrected chi connectivity index (χ3v) is 3.63. The molecule has 0 amide bonds. The Morgan fingerprint density at radius 1 is 1.47 bits per heavy atom. The van der Waals surface area contributed by atoms with E-state index >= 15 is 0 Å². The van der Waals surface area contributed by atoms with E-state index < -0.39 is 0 Å². The number of halogens is 1. The Morgan fingerprint density at radius 3 is 2.65 bits per heavy atom. The fourth-order valence-electron chi connectivity index (χ4n) is 1.89. The van der Waals surface area contributed by atoms with Gasteiger partial charge in [-0.15, -0.1) is 0 Å². The molecule has 0 fully saturated rings. The third-order valence-electron chi connectivity index (χ3n) is 2.84. The average Bonchev–Trinajstić information content (AvgIpc) is 2.28. The van der Waals surface area contributed by atoms with Crippen LogP contribution in [-0.2, 0) is 6.42 Å². The molecule has 0 bridgehead atoms. The molecule has 1 aromatic rings. The van der Waals surface area contributed by atoms with Crippen LogP contribution in [0.15, 0.2) is 6.07 Å². The van der Waals surface area contributed by atoms with Gasteiger partial charge in [0.25, 0.3) is 0 Å². The van der Waals surface area contributed by atoms with Gasteiger partial charge in [0.2, 0.25) is 0 Å². The van der Waals surface area contributed by atoms with E-state index in [-0.39, 0.29) is 0 Å². The van der Waals surface area contributed by atoms with Crippen LogP contribution in [0.4, 0.5) is 0 Å². The lowest BCUT2D eigenvalue weighted by molar-refractivity contribution is 0.408. The standard InChI is InChI=1S/C13H18ClNOS/c1-8-7-11(16-3)10(9(2)13(8)14)5-4-6-12(15)17/h7H,4-6H2,1-3H3,(H2,15,17). The van der Waals surface area contributed by atoms with E-state index in [1.165, 1.54) is 0 Å². The van der Waals surface area contributed by atoms with Crippen LogP contribution in [0.3, 0.4) is 0 Å². The molecule has 0 aromatic heterocycles. The minimum atomic E-state index is 0.555. The molecule has 17 heavy (non-hydrogen) atoms. The number of nitrogens with two attached hydrogens (primary N) is 1. The molecule has 0 radical (unpaired) electrons. The highest BCUT2D eigenvalue weighted by molar-refractivity contribution is 7.80. The molecule has 1 rings (SSSR count). The smallest absolute Gasteiger partial charge is 0.122 e. The van der Waals surface area contributed by atoms with E-state index in [0.717, 1.165) is 46.7 Å². The van der Waals surface area contributed by atoms with Gasteiger partial charge in [-0.3, -0.25) is 0 Å². The molecule has 2 N–H and O–H groups in total. The van der Waals surface area contributed by atoms with Crippen LogP contribution in [-0.4, -0.2) is 12.1 Å². The summed E-state index contributed by atoms with van der Waals surface area (Å²) in [7, 11) is 1.68. The van der Waals surface area contributed by atoms with Gasteiger partial charge in [0, 0.05) is 5.02 Å². The van der Waals surface area contributed by atoms with E-state index in [0.29, 0.717) is 4.99 Å². The van der Waals surface area contributed by atoms with E-state index in [1.807, 2.05) is 19.9 Å². The normalized spacial score (nSPS) is 10.4. The van der Waals surface area contributed by atoms with Crippen LogP contribution in [0.5, 0.6) is 5.75 Å². The van der Waals surface area contributed by atoms with Crippen LogP contribution in [0, 0.1) is 13.8 Å². The SMILES string of the molecule is COc1cc(C)c(Cl)c(C)c1CCCC(N)=S. The summed E-state index contributed by atoms with van der Waals surface area (Å²) in [5.41, 5.74) is 8.78. The zero-order valence-corrected chi connectivity index (χ0v) is 12.0. The summed E-state index contributed by atoms with van der Waals surface area (Å²) in [5, 5.41) is 0.816. The fourth-order valence-corrected chi connectivity index (χ4v) is 2.21. The molecule has 0 unspecified atom stereocenters. The van der Waals surface area contributed by atoms with Gasteiger partial charge in [0.1, 0.15) is 5.75 Å². The summed E-state index contributed by atoms with van der Waals surface area (Å²) < 4.78 is 5.40. The molecule has 0 heterocycles. The second-order valence-electron chi connectivity index (χ2n) is 4.13. The molecule has 0 aliphatic carbocycles. The molecule has 2 nitrogen and oxygen atoms in total. The van der Waals surface area contributed by atoms with Crippen LogP contribution < -0.4 is 10.5 Å². The molecule has 0 aliphatic heterocycles. The van der Waals surface area contributed by atoms with Gasteiger partial charge >= 0.3 is 0 Å². The van der Waals surface area contributed by atoms with E-state index in [4.69, 9.17) is 34.3 Å². The molecule has 0 atom stereocenters. The Kier molecular flexibility index (Phi) is 5.22. The van der Waals surface area contributed by atoms with Crippen molar-refractivity contribution in [2.45, 2.75) is 33.1 Å². The van der Waals surface area contributed by atoms with Crippen molar-refractivity contribution in [3.8, 4) is 5.75 Å². The lowest BCUT2D eigenvalue weighted by Gasteiger charge is -2.15. The van der Waals surface area contributed by atoms with Crippen molar-refractivity contribution in [2.75, 3.05) is 7.11 Å². The van der Waals surface area contributed by atoms with Gasteiger partial charge < -0.3 is 10.5 Å². The molecule has 0 spiro atoms. The van der Waals surface area contributed by atoms with Crippen molar-refractivity contribution in [1.82, 2.24) is 0 Å². The number of benzene rings is 1. The van der Waals surface area contributed by atoms with Crippen molar-refractivity contribution in [2.24, 2.45) is 5.73 Å². The number of hydrogen-bond donors (Lipinski definition) is 1. The summed E-state index contributed by atoms with van der Waals surface area (Å²) in [5.74, 6) is 0.896. The quantitative estimate of drug-likeness (QED) is 0.832. The molecule has 0 saturated heterocycles. The van der Waals surface area contributed by atoms with E-state index in [1.54, 1.807) is 7.11 Å². The highest BCUT2D eigenvalue weighted by Gasteiger charge is 2.12. The summed E-state index contributed by atoms with van der Waals surface area (Å²) in [6, 6.07) is 1.98. The zero-order valence-electron chi connectivity index (χ0n) is 10.5. The Labute approximate surface area is 113 Å². The first-order valence-corrected chi connectivity index (χ1v) is 6.36. The van der Waals surface area contributed by atoms with E-state index in [2.05, 4.69) is 0 Å². The fraction of sp³-hybridized carbons (Fsp3) is 0.462. The predicted octanol–water partition coefficient (Wildman–Crippen LogP) is 3.57. The average molecular weight is 272 g/mol. The Hall–Kier alpha value is -0.800. The van der Waals surface area contributed by atoms with Gasteiger partial charge in [0.05, 0.1) is 12.1 Å². The first-order chi connectivity index (χ1) is 7.97. The maximum Gasteiger partial charge on any atom is 0.122 e. The summed E-state index contributed by atoms with van der Waals surface area (Å²) in [6.07, 6.45) is 2.56. The van der Waals surface area contributed by atoms with Gasteiger partial charge in [0.15, 0.2) is 0 Å². The first-order valence-electron chi connectivity index (χ1n) is 5.58. The highest BCUT2D eigenvalue weighted by atomic mass is 35.5. The number of methoxy groups -OCH3 is 1. The summed E-state index contributed by atoms with van der Waals surface area (Å²) in [6.45, 7) is 4.00. The Balaban J connectivity index is 2.96. The minimum Gasteiger partial charge on any atom is -0.496 e. The van der Waals surface area contributed by atoms with Crippen LogP contribution in [0.2, 0.25) is 5.02 Å². The molecule has 0 saturated carbocycles. The molecule has 4 heteroatoms. The van der Waals surface area contributed by atoms with Crippen molar-refractivity contribution in [1.29, 1.82) is 0 Å².